The van der Waals surface area contributed by atoms with Crippen molar-refractivity contribution in [2.45, 2.75) is 18.9 Å². The standard InChI is InChI=1S/C13H20N4O/c1-17-6-2-3-10(8-17)16-12-7-9(13(15)18)4-5-11(12)14/h4-5,7,10,16H,2-3,6,8,14H2,1H3,(H2,15,18). The summed E-state index contributed by atoms with van der Waals surface area (Å²) in [6.07, 6.45) is 2.29. The van der Waals surface area contributed by atoms with Gasteiger partial charge in [-0.1, -0.05) is 0 Å². The van der Waals surface area contributed by atoms with E-state index in [1.807, 2.05) is 0 Å². The molecule has 5 N–H and O–H groups in total. The molecular weight excluding hydrogens is 228 g/mol. The minimum Gasteiger partial charge on any atom is -0.397 e. The Kier molecular flexibility index (Phi) is 3.72. The highest BCUT2D eigenvalue weighted by Gasteiger charge is 2.17. The molecule has 0 aromatic heterocycles. The number of anilines is 2. The number of primary amides is 1. The van der Waals surface area contributed by atoms with E-state index >= 15 is 0 Å². The number of nitrogens with two attached hydrogens (primary N) is 2. The van der Waals surface area contributed by atoms with Gasteiger partial charge in [0.2, 0.25) is 5.91 Å². The Bertz CT molecular complexity index is 447. The highest BCUT2D eigenvalue weighted by atomic mass is 16.1. The fourth-order valence-corrected chi connectivity index (χ4v) is 2.34. The zero-order chi connectivity index (χ0) is 13.1. The highest BCUT2D eigenvalue weighted by molar-refractivity contribution is 5.94. The molecule has 1 aromatic carbocycles. The smallest absolute Gasteiger partial charge is 0.248 e. The average molecular weight is 248 g/mol. The van der Waals surface area contributed by atoms with Crippen LogP contribution in [0.5, 0.6) is 0 Å². The van der Waals surface area contributed by atoms with Gasteiger partial charge in [-0.25, -0.2) is 0 Å². The van der Waals surface area contributed by atoms with E-state index < -0.39 is 5.91 Å². The molecule has 1 unspecified atom stereocenters. The summed E-state index contributed by atoms with van der Waals surface area (Å²) in [5.41, 5.74) is 13.1. The molecule has 0 spiro atoms. The van der Waals surface area contributed by atoms with Crippen LogP contribution in [0.3, 0.4) is 0 Å². The fourth-order valence-electron chi connectivity index (χ4n) is 2.34. The monoisotopic (exact) mass is 248 g/mol. The maximum Gasteiger partial charge on any atom is 0.248 e. The molecule has 2 rings (SSSR count). The van der Waals surface area contributed by atoms with Gasteiger partial charge in [-0.3, -0.25) is 4.79 Å². The topological polar surface area (TPSA) is 84.4 Å². The lowest BCUT2D eigenvalue weighted by Gasteiger charge is -2.31. The molecular formula is C13H20N4O. The molecule has 0 aliphatic carbocycles. The van der Waals surface area contributed by atoms with E-state index in [1.54, 1.807) is 18.2 Å². The van der Waals surface area contributed by atoms with Crippen LogP contribution >= 0.6 is 0 Å². The van der Waals surface area contributed by atoms with Crippen molar-refractivity contribution in [2.24, 2.45) is 5.73 Å². The minimum atomic E-state index is -0.432. The van der Waals surface area contributed by atoms with E-state index in [2.05, 4.69) is 17.3 Å². The summed E-state index contributed by atoms with van der Waals surface area (Å²) in [5.74, 6) is -0.432. The van der Waals surface area contributed by atoms with Crippen molar-refractivity contribution in [3.8, 4) is 0 Å². The molecule has 1 atom stereocenters. The van der Waals surface area contributed by atoms with Crippen LogP contribution in [-0.2, 0) is 0 Å². The molecule has 18 heavy (non-hydrogen) atoms. The second-order valence-electron chi connectivity index (χ2n) is 4.91. The number of likely N-dealkylation sites (N-methyl/N-ethyl adjacent to an activating group) is 1. The number of hydrogen-bond donors (Lipinski definition) is 3. The largest absolute Gasteiger partial charge is 0.397 e. The van der Waals surface area contributed by atoms with E-state index in [-0.39, 0.29) is 0 Å². The lowest BCUT2D eigenvalue weighted by molar-refractivity contribution is 0.100. The number of nitrogens with one attached hydrogen (secondary N) is 1. The van der Waals surface area contributed by atoms with E-state index in [1.165, 1.54) is 6.42 Å². The second kappa shape index (κ2) is 5.27. The Labute approximate surface area is 107 Å². The number of hydrogen-bond acceptors (Lipinski definition) is 4. The fraction of sp³-hybridized carbons (Fsp3) is 0.462. The molecule has 98 valence electrons. The van der Waals surface area contributed by atoms with Gasteiger partial charge in [-0.15, -0.1) is 0 Å². The van der Waals surface area contributed by atoms with Crippen LogP contribution in [0.2, 0.25) is 0 Å². The van der Waals surface area contributed by atoms with Crippen molar-refractivity contribution in [3.05, 3.63) is 23.8 Å². The van der Waals surface area contributed by atoms with Gasteiger partial charge in [0, 0.05) is 18.2 Å². The summed E-state index contributed by atoms with van der Waals surface area (Å²) in [6.45, 7) is 2.12. The number of carbonyl (C=O) groups excluding carboxylic acids is 1. The Morgan fingerprint density at radius 3 is 2.94 bits per heavy atom. The molecule has 0 radical (unpaired) electrons. The first-order chi connectivity index (χ1) is 8.56. The van der Waals surface area contributed by atoms with Gasteiger partial charge >= 0.3 is 0 Å². The van der Waals surface area contributed by atoms with Crippen molar-refractivity contribution >= 4 is 17.3 Å². The second-order valence-corrected chi connectivity index (χ2v) is 4.91. The molecule has 1 amide bonds. The number of nitrogen functional groups attached to an aromatic ring is 1. The van der Waals surface area contributed by atoms with Crippen molar-refractivity contribution in [2.75, 3.05) is 31.2 Å². The molecule has 0 bridgehead atoms. The average Bonchev–Trinajstić information content (AvgIpc) is 2.31. The predicted molar refractivity (Wildman–Crippen MR) is 73.5 cm³/mol. The van der Waals surface area contributed by atoms with Gasteiger partial charge in [-0.05, 0) is 44.6 Å². The highest BCUT2D eigenvalue weighted by Crippen LogP contribution is 2.23. The number of likely N-dealkylation sites (tertiary alicyclic amines) is 1. The zero-order valence-corrected chi connectivity index (χ0v) is 10.6. The number of benzene rings is 1. The summed E-state index contributed by atoms with van der Waals surface area (Å²) < 4.78 is 0. The van der Waals surface area contributed by atoms with Crippen LogP contribution in [0.4, 0.5) is 11.4 Å². The molecule has 5 nitrogen and oxygen atoms in total. The van der Waals surface area contributed by atoms with Gasteiger partial charge in [0.05, 0.1) is 11.4 Å². The minimum absolute atomic E-state index is 0.370. The number of carbonyl (C=O) groups is 1. The summed E-state index contributed by atoms with van der Waals surface area (Å²) in [6, 6.07) is 5.46. The van der Waals surface area contributed by atoms with E-state index in [4.69, 9.17) is 11.5 Å². The van der Waals surface area contributed by atoms with Crippen molar-refractivity contribution in [3.63, 3.8) is 0 Å². The third-order valence-corrected chi connectivity index (χ3v) is 3.32. The van der Waals surface area contributed by atoms with Crippen LogP contribution in [0.1, 0.15) is 23.2 Å². The first-order valence-corrected chi connectivity index (χ1v) is 6.20. The quantitative estimate of drug-likeness (QED) is 0.693. The molecule has 1 saturated heterocycles. The van der Waals surface area contributed by atoms with E-state index in [9.17, 15) is 4.79 Å². The van der Waals surface area contributed by atoms with E-state index in [0.29, 0.717) is 17.3 Å². The van der Waals surface area contributed by atoms with Crippen LogP contribution in [0.15, 0.2) is 18.2 Å². The Morgan fingerprint density at radius 2 is 2.28 bits per heavy atom. The maximum atomic E-state index is 11.2. The number of rotatable bonds is 3. The zero-order valence-electron chi connectivity index (χ0n) is 10.6. The molecule has 0 saturated carbocycles. The van der Waals surface area contributed by atoms with Crippen molar-refractivity contribution in [1.29, 1.82) is 0 Å². The first-order valence-electron chi connectivity index (χ1n) is 6.20. The summed E-state index contributed by atoms with van der Waals surface area (Å²) in [5, 5.41) is 3.40. The lowest BCUT2D eigenvalue weighted by Crippen LogP contribution is -2.39. The summed E-state index contributed by atoms with van der Waals surface area (Å²) in [7, 11) is 2.11. The third kappa shape index (κ3) is 2.92. The molecule has 1 fully saturated rings. The normalized spacial score (nSPS) is 20.6. The van der Waals surface area contributed by atoms with Gasteiger partial charge in [0.1, 0.15) is 0 Å². The molecule has 1 heterocycles. The van der Waals surface area contributed by atoms with Gasteiger partial charge in [-0.2, -0.15) is 0 Å². The van der Waals surface area contributed by atoms with Crippen LogP contribution < -0.4 is 16.8 Å². The van der Waals surface area contributed by atoms with E-state index in [0.717, 1.165) is 25.2 Å². The number of nitrogens with zero attached hydrogens (tertiary/aromatic N) is 1. The van der Waals surface area contributed by atoms with Crippen LogP contribution in [-0.4, -0.2) is 37.0 Å². The Morgan fingerprint density at radius 1 is 1.50 bits per heavy atom. The molecule has 5 heteroatoms. The number of piperidine rings is 1. The van der Waals surface area contributed by atoms with Crippen molar-refractivity contribution < 1.29 is 4.79 Å². The van der Waals surface area contributed by atoms with Gasteiger partial charge in [0.15, 0.2) is 0 Å². The van der Waals surface area contributed by atoms with Crippen molar-refractivity contribution in [1.82, 2.24) is 4.90 Å². The summed E-state index contributed by atoms with van der Waals surface area (Å²) >= 11 is 0. The molecule has 1 aromatic rings. The Balaban J connectivity index is 2.12. The van der Waals surface area contributed by atoms with Gasteiger partial charge in [0.25, 0.3) is 0 Å². The SMILES string of the molecule is CN1CCCC(Nc2cc(C(N)=O)ccc2N)C1. The first kappa shape index (κ1) is 12.7. The summed E-state index contributed by atoms with van der Waals surface area (Å²) in [4.78, 5) is 13.4. The lowest BCUT2D eigenvalue weighted by atomic mass is 10.1. The number of amides is 1. The van der Waals surface area contributed by atoms with Crippen LogP contribution in [0, 0.1) is 0 Å². The van der Waals surface area contributed by atoms with Crippen LogP contribution in [0.25, 0.3) is 0 Å². The predicted octanol–water partition coefficient (Wildman–Crippen LogP) is 0.874. The van der Waals surface area contributed by atoms with Gasteiger partial charge < -0.3 is 21.7 Å². The molecule has 1 aliphatic rings. The third-order valence-electron chi connectivity index (χ3n) is 3.32. The Hall–Kier alpha value is -1.75. The maximum absolute atomic E-state index is 11.2. The molecule has 1 aliphatic heterocycles.